The molecule has 1 amide bonds. The van der Waals surface area contributed by atoms with Gasteiger partial charge in [-0.3, -0.25) is 4.79 Å². The molecule has 0 unspecified atom stereocenters. The molecule has 0 aliphatic heterocycles. The predicted molar refractivity (Wildman–Crippen MR) is 70.6 cm³/mol. The molecule has 18 heavy (non-hydrogen) atoms. The fourth-order valence-electron chi connectivity index (χ4n) is 1.61. The Hall–Kier alpha value is -1.74. The molecule has 1 aromatic carbocycles. The van der Waals surface area contributed by atoms with E-state index in [9.17, 15) is 4.79 Å². The van der Waals surface area contributed by atoms with Gasteiger partial charge < -0.3 is 9.73 Å². The molecule has 0 aliphatic rings. The Morgan fingerprint density at radius 3 is 2.44 bits per heavy atom. The number of benzene rings is 1. The standard InChI is InChI=1S/C14H14ClNO2/c1-10-6-7-18-13(10)14(17)16-9-12-4-2-11(8-15)3-5-12/h2-7H,8-9H2,1H3,(H,16,17). The lowest BCUT2D eigenvalue weighted by Gasteiger charge is -2.05. The first-order valence-corrected chi connectivity index (χ1v) is 6.20. The number of furan rings is 1. The monoisotopic (exact) mass is 263 g/mol. The van der Waals surface area contributed by atoms with E-state index in [1.54, 1.807) is 6.07 Å². The fraction of sp³-hybridized carbons (Fsp3) is 0.214. The highest BCUT2D eigenvalue weighted by Gasteiger charge is 2.11. The molecule has 4 heteroatoms. The van der Waals surface area contributed by atoms with E-state index in [0.717, 1.165) is 16.7 Å². The van der Waals surface area contributed by atoms with Crippen molar-refractivity contribution in [3.05, 3.63) is 59.0 Å². The fourth-order valence-corrected chi connectivity index (χ4v) is 1.79. The molecule has 0 radical (unpaired) electrons. The zero-order chi connectivity index (χ0) is 13.0. The molecule has 0 spiro atoms. The average molecular weight is 264 g/mol. The lowest BCUT2D eigenvalue weighted by molar-refractivity contribution is 0.0922. The molecule has 3 nitrogen and oxygen atoms in total. The van der Waals surface area contributed by atoms with Crippen molar-refractivity contribution in [3.63, 3.8) is 0 Å². The minimum atomic E-state index is -0.195. The highest BCUT2D eigenvalue weighted by atomic mass is 35.5. The summed E-state index contributed by atoms with van der Waals surface area (Å²) in [7, 11) is 0. The maximum Gasteiger partial charge on any atom is 0.287 e. The second-order valence-electron chi connectivity index (χ2n) is 4.07. The number of hydrogen-bond acceptors (Lipinski definition) is 2. The third kappa shape index (κ3) is 2.93. The van der Waals surface area contributed by atoms with E-state index in [0.29, 0.717) is 18.2 Å². The zero-order valence-corrected chi connectivity index (χ0v) is 10.8. The SMILES string of the molecule is Cc1ccoc1C(=O)NCc1ccc(CCl)cc1. The Kier molecular flexibility index (Phi) is 4.05. The van der Waals surface area contributed by atoms with Gasteiger partial charge in [-0.1, -0.05) is 24.3 Å². The van der Waals surface area contributed by atoms with Crippen LogP contribution < -0.4 is 5.32 Å². The number of alkyl halides is 1. The molecule has 2 aromatic rings. The molecule has 1 aromatic heterocycles. The molecule has 1 heterocycles. The van der Waals surface area contributed by atoms with E-state index in [-0.39, 0.29) is 5.91 Å². The Labute approximate surface area is 111 Å². The summed E-state index contributed by atoms with van der Waals surface area (Å²) < 4.78 is 5.12. The number of carbonyl (C=O) groups is 1. The van der Waals surface area contributed by atoms with E-state index in [4.69, 9.17) is 16.0 Å². The quantitative estimate of drug-likeness (QED) is 0.861. The second kappa shape index (κ2) is 5.74. The number of nitrogens with one attached hydrogen (secondary N) is 1. The van der Waals surface area contributed by atoms with Crippen molar-refractivity contribution in [1.29, 1.82) is 0 Å². The minimum Gasteiger partial charge on any atom is -0.459 e. The van der Waals surface area contributed by atoms with Gasteiger partial charge in [0.2, 0.25) is 0 Å². The van der Waals surface area contributed by atoms with Crippen molar-refractivity contribution in [2.75, 3.05) is 0 Å². The summed E-state index contributed by atoms with van der Waals surface area (Å²) in [5.74, 6) is 0.671. The van der Waals surface area contributed by atoms with Gasteiger partial charge in [-0.15, -0.1) is 11.6 Å². The summed E-state index contributed by atoms with van der Waals surface area (Å²) in [5, 5.41) is 2.81. The first-order chi connectivity index (χ1) is 8.70. The van der Waals surface area contributed by atoms with E-state index >= 15 is 0 Å². The molecule has 2 rings (SSSR count). The van der Waals surface area contributed by atoms with Gasteiger partial charge in [0.05, 0.1) is 6.26 Å². The second-order valence-corrected chi connectivity index (χ2v) is 4.33. The minimum absolute atomic E-state index is 0.195. The molecular formula is C14H14ClNO2. The van der Waals surface area contributed by atoms with Crippen LogP contribution in [-0.4, -0.2) is 5.91 Å². The summed E-state index contributed by atoms with van der Waals surface area (Å²) in [6, 6.07) is 9.57. The molecule has 0 saturated heterocycles. The van der Waals surface area contributed by atoms with Crippen LogP contribution in [0.2, 0.25) is 0 Å². The number of halogens is 1. The third-order valence-electron chi connectivity index (χ3n) is 2.70. The van der Waals surface area contributed by atoms with Gasteiger partial charge in [0.1, 0.15) is 0 Å². The average Bonchev–Trinajstić information content (AvgIpc) is 2.83. The summed E-state index contributed by atoms with van der Waals surface area (Å²) in [6.45, 7) is 2.31. The van der Waals surface area contributed by atoms with Crippen molar-refractivity contribution in [3.8, 4) is 0 Å². The molecule has 0 atom stereocenters. The smallest absolute Gasteiger partial charge is 0.287 e. The maximum absolute atomic E-state index is 11.8. The Morgan fingerprint density at radius 2 is 1.89 bits per heavy atom. The van der Waals surface area contributed by atoms with E-state index in [1.807, 2.05) is 31.2 Å². The first-order valence-electron chi connectivity index (χ1n) is 5.67. The molecular weight excluding hydrogens is 250 g/mol. The van der Waals surface area contributed by atoms with Crippen LogP contribution in [0, 0.1) is 6.92 Å². The Balaban J connectivity index is 1.95. The van der Waals surface area contributed by atoms with Crippen molar-refractivity contribution in [2.45, 2.75) is 19.3 Å². The van der Waals surface area contributed by atoms with Crippen LogP contribution in [-0.2, 0) is 12.4 Å². The van der Waals surface area contributed by atoms with Gasteiger partial charge >= 0.3 is 0 Å². The Morgan fingerprint density at radius 1 is 1.22 bits per heavy atom. The first kappa shape index (κ1) is 12.7. The van der Waals surface area contributed by atoms with Crippen molar-refractivity contribution in [2.24, 2.45) is 0 Å². The van der Waals surface area contributed by atoms with Gasteiger partial charge in [0.15, 0.2) is 5.76 Å². The van der Waals surface area contributed by atoms with Gasteiger partial charge in [0, 0.05) is 18.0 Å². The van der Waals surface area contributed by atoms with Crippen LogP contribution in [0.4, 0.5) is 0 Å². The molecule has 0 bridgehead atoms. The summed E-state index contributed by atoms with van der Waals surface area (Å²) in [5.41, 5.74) is 2.93. The summed E-state index contributed by atoms with van der Waals surface area (Å²) in [6.07, 6.45) is 1.51. The maximum atomic E-state index is 11.8. The molecule has 0 fully saturated rings. The Bertz CT molecular complexity index is 531. The van der Waals surface area contributed by atoms with Gasteiger partial charge in [-0.25, -0.2) is 0 Å². The van der Waals surface area contributed by atoms with E-state index < -0.39 is 0 Å². The number of aryl methyl sites for hydroxylation is 1. The van der Waals surface area contributed by atoms with Crippen LogP contribution in [0.15, 0.2) is 41.0 Å². The molecule has 1 N–H and O–H groups in total. The number of carbonyl (C=O) groups excluding carboxylic acids is 1. The van der Waals surface area contributed by atoms with Crippen molar-refractivity contribution < 1.29 is 9.21 Å². The zero-order valence-electron chi connectivity index (χ0n) is 10.1. The van der Waals surface area contributed by atoms with Crippen LogP contribution in [0.25, 0.3) is 0 Å². The topological polar surface area (TPSA) is 42.2 Å². The van der Waals surface area contributed by atoms with Crippen molar-refractivity contribution >= 4 is 17.5 Å². The highest BCUT2D eigenvalue weighted by molar-refractivity contribution is 6.17. The number of rotatable bonds is 4. The highest BCUT2D eigenvalue weighted by Crippen LogP contribution is 2.10. The third-order valence-corrected chi connectivity index (χ3v) is 3.01. The molecule has 94 valence electrons. The number of amides is 1. The summed E-state index contributed by atoms with van der Waals surface area (Å²) >= 11 is 5.71. The lowest BCUT2D eigenvalue weighted by Crippen LogP contribution is -2.22. The van der Waals surface area contributed by atoms with Crippen LogP contribution in [0.5, 0.6) is 0 Å². The van der Waals surface area contributed by atoms with Gasteiger partial charge in [-0.05, 0) is 24.1 Å². The van der Waals surface area contributed by atoms with Crippen LogP contribution in [0.1, 0.15) is 27.2 Å². The normalized spacial score (nSPS) is 10.3. The van der Waals surface area contributed by atoms with Gasteiger partial charge in [-0.2, -0.15) is 0 Å². The molecule has 0 saturated carbocycles. The predicted octanol–water partition coefficient (Wildman–Crippen LogP) is 3.26. The van der Waals surface area contributed by atoms with E-state index in [2.05, 4.69) is 5.32 Å². The van der Waals surface area contributed by atoms with Crippen LogP contribution >= 0.6 is 11.6 Å². The number of hydrogen-bond donors (Lipinski definition) is 1. The lowest BCUT2D eigenvalue weighted by atomic mass is 10.1. The van der Waals surface area contributed by atoms with Gasteiger partial charge in [0.25, 0.3) is 5.91 Å². The van der Waals surface area contributed by atoms with Crippen molar-refractivity contribution in [1.82, 2.24) is 5.32 Å². The largest absolute Gasteiger partial charge is 0.459 e. The molecule has 0 aliphatic carbocycles. The van der Waals surface area contributed by atoms with Crippen LogP contribution in [0.3, 0.4) is 0 Å². The van der Waals surface area contributed by atoms with E-state index in [1.165, 1.54) is 6.26 Å². The summed E-state index contributed by atoms with van der Waals surface area (Å²) in [4.78, 5) is 11.8.